The first kappa shape index (κ1) is 33.2. The van der Waals surface area contributed by atoms with E-state index in [1.54, 1.807) is 21.6 Å². The summed E-state index contributed by atoms with van der Waals surface area (Å²) in [5.74, 6) is 2.82. The molecule has 0 bridgehead atoms. The van der Waals surface area contributed by atoms with Crippen LogP contribution in [0.5, 0.6) is 0 Å². The summed E-state index contributed by atoms with van der Waals surface area (Å²) in [6.07, 6.45) is 10.2. The van der Waals surface area contributed by atoms with Crippen LogP contribution < -0.4 is 0 Å². The van der Waals surface area contributed by atoms with Gasteiger partial charge in [-0.2, -0.15) is 12.6 Å². The lowest BCUT2D eigenvalue weighted by molar-refractivity contribution is 0.0610. The molecular formula is C22H40O7S3. The first-order chi connectivity index (χ1) is 15.6. The van der Waals surface area contributed by atoms with E-state index in [0.29, 0.717) is 13.2 Å². The largest absolute Gasteiger partial charge is 0.508 e. The summed E-state index contributed by atoms with van der Waals surface area (Å²) in [4.78, 5) is 21.7. The molecule has 1 N–H and O–H groups in total. The molecule has 0 aromatic carbocycles. The number of unbranched alkanes of at least 4 members (excludes halogenated alkanes) is 6. The SMILES string of the molecule is C=CCOC(=O)OCCCCCCS.C=CCOC(=O)OCCCCCCSSCCO. The van der Waals surface area contributed by atoms with Crippen molar-refractivity contribution in [1.82, 2.24) is 0 Å². The molecule has 7 nitrogen and oxygen atoms in total. The van der Waals surface area contributed by atoms with Crippen LogP contribution in [0.1, 0.15) is 51.4 Å². The smallest absolute Gasteiger partial charge is 0.434 e. The Hall–Kier alpha value is -0.970. The Balaban J connectivity index is 0. The first-order valence-corrected chi connectivity index (χ1v) is 14.0. The van der Waals surface area contributed by atoms with E-state index in [0.717, 1.165) is 68.6 Å². The Morgan fingerprint density at radius 1 is 0.719 bits per heavy atom. The van der Waals surface area contributed by atoms with Crippen molar-refractivity contribution < 1.29 is 33.6 Å². The highest BCUT2D eigenvalue weighted by atomic mass is 33.1. The van der Waals surface area contributed by atoms with Gasteiger partial charge in [0.15, 0.2) is 0 Å². The third-order valence-electron chi connectivity index (χ3n) is 3.51. The van der Waals surface area contributed by atoms with Crippen LogP contribution in [0.3, 0.4) is 0 Å². The maximum atomic E-state index is 10.9. The van der Waals surface area contributed by atoms with Crippen molar-refractivity contribution >= 4 is 46.5 Å². The van der Waals surface area contributed by atoms with Gasteiger partial charge < -0.3 is 24.1 Å². The van der Waals surface area contributed by atoms with E-state index >= 15 is 0 Å². The van der Waals surface area contributed by atoms with Crippen LogP contribution in [0, 0.1) is 0 Å². The highest BCUT2D eigenvalue weighted by Gasteiger charge is 2.02. The molecule has 0 saturated carbocycles. The molecule has 0 rings (SSSR count). The van der Waals surface area contributed by atoms with Crippen molar-refractivity contribution in [2.24, 2.45) is 0 Å². The number of rotatable bonds is 20. The molecule has 10 heteroatoms. The van der Waals surface area contributed by atoms with E-state index in [1.165, 1.54) is 12.2 Å². The lowest BCUT2D eigenvalue weighted by Gasteiger charge is -2.04. The summed E-state index contributed by atoms with van der Waals surface area (Å²) in [7, 11) is 3.50. The summed E-state index contributed by atoms with van der Waals surface area (Å²) in [5.41, 5.74) is 0. The van der Waals surface area contributed by atoms with E-state index in [9.17, 15) is 9.59 Å². The zero-order valence-electron chi connectivity index (χ0n) is 19.0. The fraction of sp³-hybridized carbons (Fsp3) is 0.727. The minimum absolute atomic E-state index is 0.196. The molecule has 0 aliphatic carbocycles. The van der Waals surface area contributed by atoms with Crippen LogP contribution in [0.4, 0.5) is 9.59 Å². The van der Waals surface area contributed by atoms with E-state index in [-0.39, 0.29) is 19.8 Å². The topological polar surface area (TPSA) is 91.3 Å². The van der Waals surface area contributed by atoms with E-state index in [2.05, 4.69) is 35.3 Å². The van der Waals surface area contributed by atoms with E-state index < -0.39 is 12.3 Å². The number of carbonyl (C=O) groups excluding carboxylic acids is 2. The maximum Gasteiger partial charge on any atom is 0.508 e. The van der Waals surface area contributed by atoms with Gasteiger partial charge in [0.1, 0.15) is 13.2 Å². The Morgan fingerprint density at radius 3 is 1.66 bits per heavy atom. The second kappa shape index (κ2) is 30.0. The van der Waals surface area contributed by atoms with Crippen LogP contribution in [-0.2, 0) is 18.9 Å². The molecule has 0 unspecified atom stereocenters. The van der Waals surface area contributed by atoms with Gasteiger partial charge in [-0.15, -0.1) is 0 Å². The molecule has 0 aliphatic rings. The van der Waals surface area contributed by atoms with Gasteiger partial charge in [-0.3, -0.25) is 0 Å². The highest BCUT2D eigenvalue weighted by Crippen LogP contribution is 2.22. The van der Waals surface area contributed by atoms with Crippen LogP contribution >= 0.6 is 34.2 Å². The summed E-state index contributed by atoms with van der Waals surface area (Å²) in [6, 6.07) is 0. The number of thiol groups is 1. The van der Waals surface area contributed by atoms with Crippen molar-refractivity contribution in [3.05, 3.63) is 25.3 Å². The zero-order valence-corrected chi connectivity index (χ0v) is 21.6. The summed E-state index contributed by atoms with van der Waals surface area (Å²) >= 11 is 4.10. The molecule has 188 valence electrons. The van der Waals surface area contributed by atoms with Crippen molar-refractivity contribution in [2.45, 2.75) is 51.4 Å². The normalized spacial score (nSPS) is 9.81. The quantitative estimate of drug-likeness (QED) is 0.0662. The third-order valence-corrected chi connectivity index (χ3v) is 6.30. The molecule has 0 atom stereocenters. The number of hydrogen-bond donors (Lipinski definition) is 2. The van der Waals surface area contributed by atoms with Gasteiger partial charge in [-0.25, -0.2) is 9.59 Å². The average Bonchev–Trinajstić information content (AvgIpc) is 2.80. The van der Waals surface area contributed by atoms with Gasteiger partial charge in [0.25, 0.3) is 0 Å². The second-order valence-corrected chi connectivity index (χ2v) is 9.47. The number of aliphatic hydroxyl groups excluding tert-OH is 1. The first-order valence-electron chi connectivity index (χ1n) is 10.9. The fourth-order valence-corrected chi connectivity index (χ4v) is 4.13. The Labute approximate surface area is 206 Å². The van der Waals surface area contributed by atoms with Crippen LogP contribution in [-0.4, -0.2) is 67.7 Å². The molecule has 0 aromatic heterocycles. The van der Waals surface area contributed by atoms with Crippen LogP contribution in [0.15, 0.2) is 25.3 Å². The number of ether oxygens (including phenoxy) is 4. The fourth-order valence-electron chi connectivity index (χ4n) is 1.99. The van der Waals surface area contributed by atoms with Crippen molar-refractivity contribution in [1.29, 1.82) is 0 Å². The standard InChI is InChI=1S/C12H22O4S2.C10H18O3S/c1-2-8-15-12(14)16-9-5-3-4-6-10-17-18-11-7-13;1-2-7-12-10(11)13-8-5-3-4-6-9-14/h2,13H,1,3-11H2;2,14H,1,3-9H2. The Morgan fingerprint density at radius 2 is 1.19 bits per heavy atom. The number of carbonyl (C=O) groups is 2. The molecule has 0 radical (unpaired) electrons. The summed E-state index contributed by atoms with van der Waals surface area (Å²) < 4.78 is 18.9. The highest BCUT2D eigenvalue weighted by molar-refractivity contribution is 8.76. The average molecular weight is 513 g/mol. The van der Waals surface area contributed by atoms with Crippen molar-refractivity contribution in [3.63, 3.8) is 0 Å². The molecule has 0 aliphatic heterocycles. The van der Waals surface area contributed by atoms with Gasteiger partial charge in [-0.1, -0.05) is 72.6 Å². The van der Waals surface area contributed by atoms with Gasteiger partial charge in [0.2, 0.25) is 0 Å². The monoisotopic (exact) mass is 512 g/mol. The molecular weight excluding hydrogens is 472 g/mol. The van der Waals surface area contributed by atoms with Crippen LogP contribution in [0.25, 0.3) is 0 Å². The molecule has 0 saturated heterocycles. The van der Waals surface area contributed by atoms with E-state index in [1.807, 2.05) is 0 Å². The maximum absolute atomic E-state index is 10.9. The summed E-state index contributed by atoms with van der Waals surface area (Å²) in [6.45, 7) is 8.36. The predicted molar refractivity (Wildman–Crippen MR) is 138 cm³/mol. The minimum Gasteiger partial charge on any atom is -0.434 e. The number of aliphatic hydroxyl groups is 1. The molecule has 0 fully saturated rings. The lowest BCUT2D eigenvalue weighted by Crippen LogP contribution is -2.08. The third kappa shape index (κ3) is 31.2. The van der Waals surface area contributed by atoms with Gasteiger partial charge >= 0.3 is 12.3 Å². The molecule has 0 amide bonds. The predicted octanol–water partition coefficient (Wildman–Crippen LogP) is 6.08. The van der Waals surface area contributed by atoms with Crippen LogP contribution in [0.2, 0.25) is 0 Å². The van der Waals surface area contributed by atoms with Gasteiger partial charge in [-0.05, 0) is 31.4 Å². The molecule has 0 aromatic rings. The van der Waals surface area contributed by atoms with Gasteiger partial charge in [0, 0.05) is 11.5 Å². The Bertz CT molecular complexity index is 451. The zero-order chi connectivity index (χ0) is 24.1. The second-order valence-electron chi connectivity index (χ2n) is 6.32. The molecule has 32 heavy (non-hydrogen) atoms. The summed E-state index contributed by atoms with van der Waals surface area (Å²) in [5, 5.41) is 8.57. The lowest BCUT2D eigenvalue weighted by atomic mass is 10.2. The van der Waals surface area contributed by atoms with E-state index in [4.69, 9.17) is 14.6 Å². The van der Waals surface area contributed by atoms with Crippen molar-refractivity contribution in [2.75, 3.05) is 50.3 Å². The number of hydrogen-bond acceptors (Lipinski definition) is 10. The molecule has 0 spiro atoms. The Kier molecular flexibility index (Phi) is 31.2. The minimum atomic E-state index is -0.620. The molecule has 0 heterocycles. The van der Waals surface area contributed by atoms with Gasteiger partial charge in [0.05, 0.1) is 19.8 Å². The van der Waals surface area contributed by atoms with Crippen molar-refractivity contribution in [3.8, 4) is 0 Å².